The lowest BCUT2D eigenvalue weighted by Gasteiger charge is -2.22. The summed E-state index contributed by atoms with van der Waals surface area (Å²) in [4.78, 5) is 4.22. The molecule has 1 aromatic rings. The van der Waals surface area contributed by atoms with Gasteiger partial charge in [0.25, 0.3) is 0 Å². The maximum absolute atomic E-state index is 9.85. The Kier molecular flexibility index (Phi) is 4.75. The first-order chi connectivity index (χ1) is 7.90. The van der Waals surface area contributed by atoms with Crippen molar-refractivity contribution in [2.75, 3.05) is 19.0 Å². The first-order valence-corrected chi connectivity index (χ1v) is 5.84. The third-order valence-corrected chi connectivity index (χ3v) is 2.30. The Morgan fingerprint density at radius 3 is 2.71 bits per heavy atom. The number of aliphatic hydroxyl groups excluding tert-OH is 1. The number of hydrogen-bond acceptors (Lipinski definition) is 4. The number of methoxy groups -OCH3 is 1. The van der Waals surface area contributed by atoms with Gasteiger partial charge < -0.3 is 15.2 Å². The molecule has 0 aliphatic heterocycles. The monoisotopic (exact) mass is 238 g/mol. The van der Waals surface area contributed by atoms with Gasteiger partial charge in [-0.1, -0.05) is 26.8 Å². The molecule has 1 atom stereocenters. The van der Waals surface area contributed by atoms with Crippen molar-refractivity contribution in [2.24, 2.45) is 5.41 Å². The minimum Gasteiger partial charge on any atom is -0.481 e. The molecule has 0 spiro atoms. The predicted molar refractivity (Wildman–Crippen MR) is 69.4 cm³/mol. The smallest absolute Gasteiger partial charge is 0.214 e. The predicted octanol–water partition coefficient (Wildman–Crippen LogP) is 2.30. The summed E-state index contributed by atoms with van der Waals surface area (Å²) < 4.78 is 5.03. The maximum atomic E-state index is 9.85. The lowest BCUT2D eigenvalue weighted by Crippen LogP contribution is -2.25. The Hall–Kier alpha value is -1.29. The fraction of sp³-hybridized carbons (Fsp3) is 0.615. The Balaban J connectivity index is 2.44. The van der Waals surface area contributed by atoms with Gasteiger partial charge in [-0.25, -0.2) is 0 Å². The highest BCUT2D eigenvalue weighted by Gasteiger charge is 2.16. The van der Waals surface area contributed by atoms with E-state index in [1.807, 2.05) is 12.1 Å². The van der Waals surface area contributed by atoms with Gasteiger partial charge in [-0.3, -0.25) is 0 Å². The Morgan fingerprint density at radius 2 is 2.12 bits per heavy atom. The summed E-state index contributed by atoms with van der Waals surface area (Å²) in [5, 5.41) is 13.0. The molecule has 4 heteroatoms. The van der Waals surface area contributed by atoms with Crippen LogP contribution < -0.4 is 10.1 Å². The number of aromatic nitrogens is 1. The van der Waals surface area contributed by atoms with Crippen LogP contribution in [-0.4, -0.2) is 29.8 Å². The first-order valence-electron chi connectivity index (χ1n) is 5.84. The summed E-state index contributed by atoms with van der Waals surface area (Å²) >= 11 is 0. The van der Waals surface area contributed by atoms with Crippen LogP contribution in [-0.2, 0) is 0 Å². The van der Waals surface area contributed by atoms with Crippen LogP contribution in [0.4, 0.5) is 5.82 Å². The molecule has 4 nitrogen and oxygen atoms in total. The summed E-state index contributed by atoms with van der Waals surface area (Å²) in [5.74, 6) is 1.29. The van der Waals surface area contributed by atoms with E-state index in [-0.39, 0.29) is 11.5 Å². The van der Waals surface area contributed by atoms with Crippen LogP contribution in [0.2, 0.25) is 0 Å². The zero-order chi connectivity index (χ0) is 12.9. The molecule has 0 fully saturated rings. The van der Waals surface area contributed by atoms with Crippen molar-refractivity contribution in [3.8, 4) is 5.88 Å². The largest absolute Gasteiger partial charge is 0.481 e. The molecule has 0 bridgehead atoms. The van der Waals surface area contributed by atoms with Gasteiger partial charge in [0.1, 0.15) is 5.82 Å². The van der Waals surface area contributed by atoms with E-state index in [0.29, 0.717) is 12.4 Å². The number of nitrogens with zero attached hydrogens (tertiary/aromatic N) is 1. The van der Waals surface area contributed by atoms with Crippen LogP contribution in [0.15, 0.2) is 18.2 Å². The molecule has 0 aromatic carbocycles. The van der Waals surface area contributed by atoms with Gasteiger partial charge >= 0.3 is 0 Å². The van der Waals surface area contributed by atoms with E-state index in [1.165, 1.54) is 0 Å². The first kappa shape index (κ1) is 13.8. The molecule has 0 amide bonds. The molecule has 1 unspecified atom stereocenters. The third-order valence-electron chi connectivity index (χ3n) is 2.30. The topological polar surface area (TPSA) is 54.4 Å². The highest BCUT2D eigenvalue weighted by atomic mass is 16.5. The minimum atomic E-state index is -0.372. The summed E-state index contributed by atoms with van der Waals surface area (Å²) in [7, 11) is 1.58. The number of rotatable bonds is 5. The third kappa shape index (κ3) is 5.54. The molecule has 96 valence electrons. The van der Waals surface area contributed by atoms with Gasteiger partial charge in [-0.05, 0) is 17.9 Å². The van der Waals surface area contributed by atoms with Gasteiger partial charge in [-0.15, -0.1) is 0 Å². The highest BCUT2D eigenvalue weighted by Crippen LogP contribution is 2.21. The molecular formula is C13H22N2O2. The van der Waals surface area contributed by atoms with E-state index in [4.69, 9.17) is 4.74 Å². The van der Waals surface area contributed by atoms with E-state index in [1.54, 1.807) is 13.2 Å². The molecular weight excluding hydrogens is 216 g/mol. The second-order valence-electron chi connectivity index (χ2n) is 5.36. The number of anilines is 1. The van der Waals surface area contributed by atoms with E-state index in [0.717, 1.165) is 12.2 Å². The van der Waals surface area contributed by atoms with Crippen LogP contribution in [0, 0.1) is 5.41 Å². The standard InChI is InChI=1S/C13H22N2O2/c1-13(2,3)8-10(16)9-14-11-6-5-7-12(15-11)17-4/h5-7,10,16H,8-9H2,1-4H3,(H,14,15). The molecule has 1 heterocycles. The van der Waals surface area contributed by atoms with E-state index in [9.17, 15) is 5.11 Å². The number of aliphatic hydroxyl groups is 1. The minimum absolute atomic E-state index is 0.128. The van der Waals surface area contributed by atoms with E-state index < -0.39 is 0 Å². The fourth-order valence-electron chi connectivity index (χ4n) is 1.63. The normalized spacial score (nSPS) is 13.2. The molecule has 0 radical (unpaired) electrons. The van der Waals surface area contributed by atoms with Gasteiger partial charge in [0.2, 0.25) is 5.88 Å². The van der Waals surface area contributed by atoms with Crippen molar-refractivity contribution in [3.05, 3.63) is 18.2 Å². The van der Waals surface area contributed by atoms with E-state index in [2.05, 4.69) is 31.1 Å². The second kappa shape index (κ2) is 5.87. The Bertz CT molecular complexity index is 348. The molecule has 17 heavy (non-hydrogen) atoms. The zero-order valence-corrected chi connectivity index (χ0v) is 11.0. The molecule has 0 aliphatic rings. The van der Waals surface area contributed by atoms with Gasteiger partial charge in [0, 0.05) is 12.6 Å². The van der Waals surface area contributed by atoms with Gasteiger partial charge in [0.15, 0.2) is 0 Å². The van der Waals surface area contributed by atoms with Crippen molar-refractivity contribution in [1.29, 1.82) is 0 Å². The SMILES string of the molecule is COc1cccc(NCC(O)CC(C)(C)C)n1. The molecule has 0 saturated carbocycles. The maximum Gasteiger partial charge on any atom is 0.214 e. The van der Waals surface area contributed by atoms with Crippen molar-refractivity contribution < 1.29 is 9.84 Å². The lowest BCUT2D eigenvalue weighted by molar-refractivity contribution is 0.132. The van der Waals surface area contributed by atoms with Crippen molar-refractivity contribution in [2.45, 2.75) is 33.3 Å². The van der Waals surface area contributed by atoms with Crippen LogP contribution in [0.5, 0.6) is 5.88 Å². The zero-order valence-electron chi connectivity index (χ0n) is 11.0. The lowest BCUT2D eigenvalue weighted by atomic mass is 9.89. The van der Waals surface area contributed by atoms with Crippen LogP contribution >= 0.6 is 0 Å². The Labute approximate surface area is 103 Å². The fourth-order valence-corrected chi connectivity index (χ4v) is 1.63. The number of pyridine rings is 1. The van der Waals surface area contributed by atoms with E-state index >= 15 is 0 Å². The summed E-state index contributed by atoms with van der Waals surface area (Å²) in [5.41, 5.74) is 0.128. The van der Waals surface area contributed by atoms with Crippen LogP contribution in [0.1, 0.15) is 27.2 Å². The number of ether oxygens (including phenoxy) is 1. The average Bonchev–Trinajstić information content (AvgIpc) is 2.24. The summed E-state index contributed by atoms with van der Waals surface area (Å²) in [6.45, 7) is 6.83. The summed E-state index contributed by atoms with van der Waals surface area (Å²) in [6, 6.07) is 5.51. The Morgan fingerprint density at radius 1 is 1.41 bits per heavy atom. The van der Waals surface area contributed by atoms with Crippen molar-refractivity contribution >= 4 is 5.82 Å². The average molecular weight is 238 g/mol. The molecule has 1 aromatic heterocycles. The number of hydrogen-bond donors (Lipinski definition) is 2. The van der Waals surface area contributed by atoms with Crippen LogP contribution in [0.3, 0.4) is 0 Å². The van der Waals surface area contributed by atoms with Gasteiger partial charge in [-0.2, -0.15) is 4.98 Å². The van der Waals surface area contributed by atoms with Crippen molar-refractivity contribution in [1.82, 2.24) is 4.98 Å². The second-order valence-corrected chi connectivity index (χ2v) is 5.36. The highest BCUT2D eigenvalue weighted by molar-refractivity contribution is 5.37. The van der Waals surface area contributed by atoms with Crippen molar-refractivity contribution in [3.63, 3.8) is 0 Å². The van der Waals surface area contributed by atoms with Gasteiger partial charge in [0.05, 0.1) is 13.2 Å². The molecule has 0 aliphatic carbocycles. The molecule has 1 rings (SSSR count). The summed E-state index contributed by atoms with van der Waals surface area (Å²) in [6.07, 6.45) is 0.382. The van der Waals surface area contributed by atoms with Crippen LogP contribution in [0.25, 0.3) is 0 Å². The quantitative estimate of drug-likeness (QED) is 0.826. The molecule has 2 N–H and O–H groups in total. The molecule has 0 saturated heterocycles. The number of nitrogens with one attached hydrogen (secondary N) is 1.